The molecule has 0 aliphatic carbocycles. The lowest BCUT2D eigenvalue weighted by atomic mass is 10.2. The molecule has 1 heterocycles. The molecule has 208 valence electrons. The molecule has 3 rings (SSSR count). The third kappa shape index (κ3) is 8.14. The highest BCUT2D eigenvalue weighted by atomic mass is 35.5. The molecular weight excluding hydrogens is 531 g/mol. The normalized spacial score (nSPS) is 16.6. The second-order valence-corrected chi connectivity index (χ2v) is 9.46. The number of ether oxygens (including phenoxy) is 2. The summed E-state index contributed by atoms with van der Waals surface area (Å²) in [5.41, 5.74) is 0.441. The van der Waals surface area contributed by atoms with Gasteiger partial charge in [-0.25, -0.2) is 9.59 Å². The molecule has 2 aromatic carbocycles. The van der Waals surface area contributed by atoms with Crippen LogP contribution in [0.1, 0.15) is 12.0 Å². The standard InChI is InChI=1S/C25H29ClF3N3O6/c1-16-4-9-21(32(24(35)30(2)3)38-23(34)25(27,28)29)22(12-16)36-15-18(33)13-31-11-10-20(14-31)37-19-7-5-17(26)6-8-19/h4-9,12,18,20,33H,10-11,13-15H2,1-3H3. The van der Waals surface area contributed by atoms with E-state index < -0.39 is 24.3 Å². The van der Waals surface area contributed by atoms with Crippen molar-refractivity contribution in [2.75, 3.05) is 45.4 Å². The molecule has 9 nitrogen and oxygen atoms in total. The van der Waals surface area contributed by atoms with Crippen molar-refractivity contribution in [3.05, 3.63) is 53.1 Å². The van der Waals surface area contributed by atoms with Gasteiger partial charge in [-0.05, 0) is 55.3 Å². The van der Waals surface area contributed by atoms with Crippen LogP contribution >= 0.6 is 11.6 Å². The summed E-state index contributed by atoms with van der Waals surface area (Å²) in [6.45, 7) is 2.99. The summed E-state index contributed by atoms with van der Waals surface area (Å²) in [4.78, 5) is 31.4. The number of halogens is 4. The summed E-state index contributed by atoms with van der Waals surface area (Å²) in [6.07, 6.45) is -5.60. The van der Waals surface area contributed by atoms with Crippen molar-refractivity contribution in [1.29, 1.82) is 0 Å². The van der Waals surface area contributed by atoms with E-state index in [0.717, 1.165) is 11.3 Å². The van der Waals surface area contributed by atoms with Crippen LogP contribution in [0.25, 0.3) is 0 Å². The summed E-state index contributed by atoms with van der Waals surface area (Å²) in [6, 6.07) is 10.3. The van der Waals surface area contributed by atoms with Crippen LogP contribution in [0.3, 0.4) is 0 Å². The van der Waals surface area contributed by atoms with E-state index in [1.165, 1.54) is 32.3 Å². The zero-order valence-corrected chi connectivity index (χ0v) is 21.8. The van der Waals surface area contributed by atoms with Crippen LogP contribution in [0.2, 0.25) is 5.02 Å². The maximum atomic E-state index is 12.9. The predicted octanol–water partition coefficient (Wildman–Crippen LogP) is 4.05. The average Bonchev–Trinajstić information content (AvgIpc) is 3.28. The molecule has 2 amide bonds. The Kier molecular flexibility index (Phi) is 9.69. The van der Waals surface area contributed by atoms with Gasteiger partial charge in [0.15, 0.2) is 0 Å². The van der Waals surface area contributed by atoms with E-state index in [0.29, 0.717) is 29.4 Å². The Labute approximate surface area is 223 Å². The van der Waals surface area contributed by atoms with Gasteiger partial charge in [-0.2, -0.15) is 13.2 Å². The fourth-order valence-electron chi connectivity index (χ4n) is 3.71. The number of rotatable bonds is 8. The molecule has 1 fully saturated rings. The second kappa shape index (κ2) is 12.5. The molecule has 0 radical (unpaired) electrons. The first-order valence-electron chi connectivity index (χ1n) is 11.7. The van der Waals surface area contributed by atoms with Crippen LogP contribution in [0.4, 0.5) is 23.7 Å². The van der Waals surface area contributed by atoms with Crippen LogP contribution in [0.15, 0.2) is 42.5 Å². The van der Waals surface area contributed by atoms with Gasteiger partial charge in [-0.15, -0.1) is 5.06 Å². The largest absolute Gasteiger partial charge is 0.493 e. The van der Waals surface area contributed by atoms with Gasteiger partial charge in [0, 0.05) is 38.8 Å². The fourth-order valence-corrected chi connectivity index (χ4v) is 3.84. The van der Waals surface area contributed by atoms with Crippen LogP contribution in [0.5, 0.6) is 11.5 Å². The van der Waals surface area contributed by atoms with Gasteiger partial charge in [0.25, 0.3) is 0 Å². The Morgan fingerprint density at radius 3 is 2.50 bits per heavy atom. The number of carbonyl (C=O) groups is 2. The van der Waals surface area contributed by atoms with E-state index >= 15 is 0 Å². The Morgan fingerprint density at radius 1 is 1.18 bits per heavy atom. The quantitative estimate of drug-likeness (QED) is 0.488. The lowest BCUT2D eigenvalue weighted by Gasteiger charge is -2.27. The van der Waals surface area contributed by atoms with Crippen molar-refractivity contribution in [1.82, 2.24) is 9.80 Å². The van der Waals surface area contributed by atoms with Crippen LogP contribution in [0, 0.1) is 6.92 Å². The number of amides is 2. The third-order valence-electron chi connectivity index (χ3n) is 5.54. The smallest absolute Gasteiger partial charge is 0.489 e. The predicted molar refractivity (Wildman–Crippen MR) is 133 cm³/mol. The minimum absolute atomic E-state index is 0.0420. The third-order valence-corrected chi connectivity index (χ3v) is 5.79. The summed E-state index contributed by atoms with van der Waals surface area (Å²) >= 11 is 5.90. The number of carbonyl (C=O) groups excluding carboxylic acids is 2. The number of alkyl halides is 3. The number of β-amino-alcohol motifs (C(OH)–C–C–N with tert-alkyl or cyclic N) is 1. The van der Waals surface area contributed by atoms with E-state index in [1.54, 1.807) is 31.2 Å². The second-order valence-electron chi connectivity index (χ2n) is 9.03. The molecule has 2 unspecified atom stereocenters. The minimum Gasteiger partial charge on any atom is -0.489 e. The SMILES string of the molecule is Cc1ccc(N(OC(=O)C(F)(F)F)C(=O)N(C)C)c(OCC(O)CN2CCC(Oc3ccc(Cl)cc3)C2)c1. The van der Waals surface area contributed by atoms with E-state index in [9.17, 15) is 27.9 Å². The van der Waals surface area contributed by atoms with Crippen LogP contribution in [-0.4, -0.2) is 85.6 Å². The molecule has 38 heavy (non-hydrogen) atoms. The molecule has 1 N–H and O–H groups in total. The van der Waals surface area contributed by atoms with Gasteiger partial charge in [0.1, 0.15) is 36.0 Å². The zero-order chi connectivity index (χ0) is 28.0. The first kappa shape index (κ1) is 29.3. The molecule has 0 aromatic heterocycles. The molecule has 0 spiro atoms. The van der Waals surface area contributed by atoms with Gasteiger partial charge < -0.3 is 24.3 Å². The van der Waals surface area contributed by atoms with Gasteiger partial charge in [-0.3, -0.25) is 4.90 Å². The average molecular weight is 560 g/mol. The van der Waals surface area contributed by atoms with Crippen molar-refractivity contribution in [2.24, 2.45) is 0 Å². The number of benzene rings is 2. The molecule has 1 aliphatic heterocycles. The highest BCUT2D eigenvalue weighted by Gasteiger charge is 2.44. The van der Waals surface area contributed by atoms with Crippen LogP contribution < -0.4 is 14.5 Å². The van der Waals surface area contributed by atoms with Crippen molar-refractivity contribution < 1.29 is 42.2 Å². The number of aliphatic hydroxyl groups excluding tert-OH is 1. The van der Waals surface area contributed by atoms with Crippen LogP contribution in [-0.2, 0) is 9.63 Å². The van der Waals surface area contributed by atoms with E-state index in [2.05, 4.69) is 4.84 Å². The van der Waals surface area contributed by atoms with E-state index in [1.807, 2.05) is 4.90 Å². The minimum atomic E-state index is -5.32. The van der Waals surface area contributed by atoms with Gasteiger partial charge in [0.2, 0.25) is 0 Å². The number of hydrogen-bond acceptors (Lipinski definition) is 7. The molecule has 2 atom stereocenters. The molecule has 2 aromatic rings. The highest BCUT2D eigenvalue weighted by Crippen LogP contribution is 2.32. The number of hydrogen-bond donors (Lipinski definition) is 1. The topological polar surface area (TPSA) is 91.8 Å². The molecule has 0 saturated carbocycles. The van der Waals surface area contributed by atoms with E-state index in [4.69, 9.17) is 21.1 Å². The van der Waals surface area contributed by atoms with Gasteiger partial charge in [-0.1, -0.05) is 17.7 Å². The number of likely N-dealkylation sites (tertiary alicyclic amines) is 1. The number of urea groups is 1. The van der Waals surface area contributed by atoms with Gasteiger partial charge >= 0.3 is 18.2 Å². The summed E-state index contributed by atoms with van der Waals surface area (Å²) in [7, 11) is 2.57. The Bertz CT molecular complexity index is 1120. The molecular formula is C25H29ClF3N3O6. The Hall–Kier alpha value is -3.22. The van der Waals surface area contributed by atoms with E-state index in [-0.39, 0.29) is 35.8 Å². The first-order valence-corrected chi connectivity index (χ1v) is 12.1. The lowest BCUT2D eigenvalue weighted by Crippen LogP contribution is -2.44. The summed E-state index contributed by atoms with van der Waals surface area (Å²) < 4.78 is 50.2. The monoisotopic (exact) mass is 559 g/mol. The summed E-state index contributed by atoms with van der Waals surface area (Å²) in [5, 5.41) is 11.4. The maximum absolute atomic E-state index is 12.9. The summed E-state index contributed by atoms with van der Waals surface area (Å²) in [5.74, 6) is -1.91. The molecule has 0 bridgehead atoms. The number of aryl methyl sites for hydroxylation is 1. The van der Waals surface area contributed by atoms with Gasteiger partial charge in [0.05, 0.1) is 0 Å². The number of aliphatic hydroxyl groups is 1. The number of hydroxylamine groups is 1. The van der Waals surface area contributed by atoms with Crippen molar-refractivity contribution in [2.45, 2.75) is 31.7 Å². The first-order chi connectivity index (χ1) is 17.8. The van der Waals surface area contributed by atoms with Crippen molar-refractivity contribution in [3.63, 3.8) is 0 Å². The molecule has 1 aliphatic rings. The van der Waals surface area contributed by atoms with Crippen molar-refractivity contribution in [3.8, 4) is 11.5 Å². The fraction of sp³-hybridized carbons (Fsp3) is 0.440. The Morgan fingerprint density at radius 2 is 1.87 bits per heavy atom. The highest BCUT2D eigenvalue weighted by molar-refractivity contribution is 6.30. The molecule has 1 saturated heterocycles. The molecule has 13 heteroatoms. The number of nitrogens with zero attached hydrogens (tertiary/aromatic N) is 3. The maximum Gasteiger partial charge on any atom is 0.493 e. The van der Waals surface area contributed by atoms with Crippen molar-refractivity contribution >= 4 is 29.3 Å². The lowest BCUT2D eigenvalue weighted by molar-refractivity contribution is -0.200. The zero-order valence-electron chi connectivity index (χ0n) is 21.1. The number of anilines is 1. The Balaban J connectivity index is 1.63.